The van der Waals surface area contributed by atoms with Gasteiger partial charge in [0.15, 0.2) is 0 Å². The third kappa shape index (κ3) is 7.05. The van der Waals surface area contributed by atoms with Crippen LogP contribution in [-0.2, 0) is 29.2 Å². The van der Waals surface area contributed by atoms with Crippen molar-refractivity contribution in [2.45, 2.75) is 71.6 Å². The summed E-state index contributed by atoms with van der Waals surface area (Å²) in [6.07, 6.45) is 3.02. The Labute approximate surface area is 212 Å². The van der Waals surface area contributed by atoms with Crippen LogP contribution in [0.2, 0.25) is 5.02 Å². The first-order valence-corrected chi connectivity index (χ1v) is 13.1. The van der Waals surface area contributed by atoms with Crippen molar-refractivity contribution in [1.82, 2.24) is 19.8 Å². The first-order valence-electron chi connectivity index (χ1n) is 11.8. The number of nitrogens with zero attached hydrogens (tertiary/aromatic N) is 2. The predicted molar refractivity (Wildman–Crippen MR) is 140 cm³/mol. The number of amides is 2. The molecule has 35 heavy (non-hydrogen) atoms. The van der Waals surface area contributed by atoms with Gasteiger partial charge in [0.05, 0.1) is 5.52 Å². The summed E-state index contributed by atoms with van der Waals surface area (Å²) in [6, 6.07) is 9.06. The fourth-order valence-electron chi connectivity index (χ4n) is 3.71. The third-order valence-electron chi connectivity index (χ3n) is 5.88. The summed E-state index contributed by atoms with van der Waals surface area (Å²) in [5.41, 5.74) is 0.518. The maximum atomic E-state index is 13.1. The minimum absolute atomic E-state index is 0.00366. The van der Waals surface area contributed by atoms with Crippen molar-refractivity contribution in [3.63, 3.8) is 0 Å². The van der Waals surface area contributed by atoms with Gasteiger partial charge in [-0.25, -0.2) is 4.79 Å². The third-order valence-corrected chi connectivity index (χ3v) is 7.14. The van der Waals surface area contributed by atoms with Crippen molar-refractivity contribution in [3.05, 3.63) is 67.1 Å². The molecule has 0 radical (unpaired) electrons. The maximum absolute atomic E-state index is 13.1. The summed E-state index contributed by atoms with van der Waals surface area (Å²) in [5.74, 6) is -0.335. The van der Waals surface area contributed by atoms with Gasteiger partial charge in [-0.05, 0) is 49.3 Å². The number of hydrogen-bond acceptors (Lipinski definition) is 5. The van der Waals surface area contributed by atoms with Crippen molar-refractivity contribution in [3.8, 4) is 0 Å². The molecule has 0 bridgehead atoms. The number of fused-ring (bicyclic) bond motifs is 1. The Morgan fingerprint density at radius 1 is 1.06 bits per heavy atom. The Balaban J connectivity index is 1.56. The smallest absolute Gasteiger partial charge is 0.332 e. The number of rotatable bonds is 12. The van der Waals surface area contributed by atoms with E-state index in [0.717, 1.165) is 12.0 Å². The van der Waals surface area contributed by atoms with Crippen LogP contribution in [0.5, 0.6) is 0 Å². The lowest BCUT2D eigenvalue weighted by Gasteiger charge is -2.14. The second-order valence-corrected chi connectivity index (χ2v) is 9.84. The van der Waals surface area contributed by atoms with E-state index in [1.54, 1.807) is 17.5 Å². The van der Waals surface area contributed by atoms with Crippen LogP contribution in [0, 0.1) is 0 Å². The highest BCUT2D eigenvalue weighted by molar-refractivity contribution is 7.17. The molecule has 3 rings (SSSR count). The monoisotopic (exact) mass is 518 g/mol. The number of thiophene rings is 1. The van der Waals surface area contributed by atoms with E-state index in [1.165, 1.54) is 20.5 Å². The second-order valence-electron chi connectivity index (χ2n) is 8.52. The summed E-state index contributed by atoms with van der Waals surface area (Å²) in [6.45, 7) is 4.34. The second kappa shape index (κ2) is 12.7. The fraction of sp³-hybridized carbons (Fsp3) is 0.440. The Hall–Kier alpha value is -2.91. The van der Waals surface area contributed by atoms with E-state index in [-0.39, 0.29) is 36.5 Å². The summed E-state index contributed by atoms with van der Waals surface area (Å²) in [5, 5.41) is 8.09. The number of halogens is 1. The zero-order valence-electron chi connectivity index (χ0n) is 20.0. The molecule has 188 valence electrons. The molecule has 0 saturated heterocycles. The van der Waals surface area contributed by atoms with Crippen LogP contribution in [-0.4, -0.2) is 27.0 Å². The summed E-state index contributed by atoms with van der Waals surface area (Å²) in [7, 11) is 0. The molecule has 0 fully saturated rings. The molecule has 2 heterocycles. The molecule has 0 saturated carbocycles. The van der Waals surface area contributed by atoms with Crippen LogP contribution in [0.3, 0.4) is 0 Å². The van der Waals surface area contributed by atoms with Gasteiger partial charge < -0.3 is 10.6 Å². The Morgan fingerprint density at radius 2 is 1.83 bits per heavy atom. The van der Waals surface area contributed by atoms with Gasteiger partial charge in [0.25, 0.3) is 5.56 Å². The molecule has 0 spiro atoms. The predicted octanol–water partition coefficient (Wildman–Crippen LogP) is 3.67. The molecular weight excluding hydrogens is 488 g/mol. The quantitative estimate of drug-likeness (QED) is 0.357. The Kier molecular flexibility index (Phi) is 9.68. The first-order chi connectivity index (χ1) is 16.8. The molecule has 1 aromatic carbocycles. The van der Waals surface area contributed by atoms with Crippen LogP contribution < -0.4 is 21.9 Å². The number of aromatic nitrogens is 2. The van der Waals surface area contributed by atoms with Gasteiger partial charge in [0.2, 0.25) is 11.8 Å². The van der Waals surface area contributed by atoms with Gasteiger partial charge in [-0.2, -0.15) is 0 Å². The highest BCUT2D eigenvalue weighted by Crippen LogP contribution is 2.16. The largest absolute Gasteiger partial charge is 0.352 e. The molecular formula is C25H31ClN4O4S. The van der Waals surface area contributed by atoms with E-state index in [9.17, 15) is 19.2 Å². The standard InChI is InChI=1S/C25H31ClN4O4S/c1-3-17(2)28-22(32)16-30-20-12-14-35-23(20)24(33)29(25(30)34)13-8-4-5-11-21(31)27-15-18-9-6-7-10-19(18)26/h6-7,9-10,12,14,17H,3-5,8,11,13,15-16H2,1-2H3,(H,27,31)(H,28,32)/t17-/m1/s1. The normalized spacial score (nSPS) is 12.0. The van der Waals surface area contributed by atoms with Crippen LogP contribution in [0.25, 0.3) is 10.2 Å². The van der Waals surface area contributed by atoms with Gasteiger partial charge in [-0.15, -0.1) is 11.3 Å². The summed E-state index contributed by atoms with van der Waals surface area (Å²) < 4.78 is 3.03. The number of hydrogen-bond donors (Lipinski definition) is 2. The van der Waals surface area contributed by atoms with Gasteiger partial charge >= 0.3 is 5.69 Å². The zero-order chi connectivity index (χ0) is 25.4. The van der Waals surface area contributed by atoms with E-state index in [4.69, 9.17) is 11.6 Å². The van der Waals surface area contributed by atoms with Crippen molar-refractivity contribution >= 4 is 45.0 Å². The Morgan fingerprint density at radius 3 is 2.57 bits per heavy atom. The Bertz CT molecular complexity index is 1300. The molecule has 8 nitrogen and oxygen atoms in total. The van der Waals surface area contributed by atoms with Crippen LogP contribution in [0.1, 0.15) is 51.5 Å². The average molecular weight is 519 g/mol. The van der Waals surface area contributed by atoms with E-state index >= 15 is 0 Å². The number of carbonyl (C=O) groups is 2. The van der Waals surface area contributed by atoms with Crippen molar-refractivity contribution in [2.75, 3.05) is 0 Å². The van der Waals surface area contributed by atoms with E-state index in [2.05, 4.69) is 10.6 Å². The molecule has 2 amide bonds. The van der Waals surface area contributed by atoms with E-state index in [0.29, 0.717) is 47.5 Å². The molecule has 2 aromatic heterocycles. The number of benzene rings is 1. The van der Waals surface area contributed by atoms with Crippen molar-refractivity contribution in [2.24, 2.45) is 0 Å². The van der Waals surface area contributed by atoms with E-state index in [1.807, 2.05) is 32.0 Å². The highest BCUT2D eigenvalue weighted by atomic mass is 35.5. The molecule has 0 aliphatic heterocycles. The lowest BCUT2D eigenvalue weighted by atomic mass is 10.1. The lowest BCUT2D eigenvalue weighted by molar-refractivity contribution is -0.122. The molecule has 0 unspecified atom stereocenters. The molecule has 0 aliphatic rings. The number of unbranched alkanes of at least 4 members (excludes halogenated alkanes) is 2. The number of nitrogens with one attached hydrogen (secondary N) is 2. The van der Waals surface area contributed by atoms with Gasteiger partial charge in [0.1, 0.15) is 11.2 Å². The molecule has 1 atom stereocenters. The van der Waals surface area contributed by atoms with Crippen LogP contribution >= 0.6 is 22.9 Å². The summed E-state index contributed by atoms with van der Waals surface area (Å²) in [4.78, 5) is 50.5. The van der Waals surface area contributed by atoms with Gasteiger partial charge in [0, 0.05) is 30.6 Å². The van der Waals surface area contributed by atoms with Crippen molar-refractivity contribution < 1.29 is 9.59 Å². The average Bonchev–Trinajstić information content (AvgIpc) is 3.33. The maximum Gasteiger partial charge on any atom is 0.332 e. The van der Waals surface area contributed by atoms with Crippen LogP contribution in [0.15, 0.2) is 45.3 Å². The summed E-state index contributed by atoms with van der Waals surface area (Å²) >= 11 is 7.37. The van der Waals surface area contributed by atoms with Gasteiger partial charge in [-0.1, -0.05) is 43.1 Å². The first kappa shape index (κ1) is 26.7. The SMILES string of the molecule is CC[C@@H](C)NC(=O)Cn1c(=O)n(CCCCCC(=O)NCc2ccccc2Cl)c(=O)c2sccc21. The molecule has 3 aromatic rings. The van der Waals surface area contributed by atoms with Crippen molar-refractivity contribution in [1.29, 1.82) is 0 Å². The minimum Gasteiger partial charge on any atom is -0.352 e. The van der Waals surface area contributed by atoms with Crippen LogP contribution in [0.4, 0.5) is 0 Å². The number of carbonyl (C=O) groups excluding carboxylic acids is 2. The fourth-order valence-corrected chi connectivity index (χ4v) is 4.75. The van der Waals surface area contributed by atoms with Gasteiger partial charge in [-0.3, -0.25) is 23.5 Å². The topological polar surface area (TPSA) is 102 Å². The van der Waals surface area contributed by atoms with E-state index < -0.39 is 5.69 Å². The minimum atomic E-state index is -0.488. The highest BCUT2D eigenvalue weighted by Gasteiger charge is 2.17. The molecule has 10 heteroatoms. The lowest BCUT2D eigenvalue weighted by Crippen LogP contribution is -2.43. The molecule has 2 N–H and O–H groups in total. The molecule has 0 aliphatic carbocycles. The zero-order valence-corrected chi connectivity index (χ0v) is 21.6.